The van der Waals surface area contributed by atoms with Crippen LogP contribution >= 0.6 is 11.3 Å². The quantitative estimate of drug-likeness (QED) is 0.551. The number of nitro groups is 1. The minimum absolute atomic E-state index is 0.0968. The Labute approximate surface area is 178 Å². The molecule has 2 aromatic heterocycles. The van der Waals surface area contributed by atoms with Crippen LogP contribution in [-0.2, 0) is 24.2 Å². The van der Waals surface area contributed by atoms with Gasteiger partial charge < -0.3 is 11.1 Å². The number of nitrogens with two attached hydrogens (primary N) is 1. The van der Waals surface area contributed by atoms with Crippen molar-refractivity contribution in [3.8, 4) is 0 Å². The Morgan fingerprint density at radius 3 is 2.57 bits per heavy atom. The predicted molar refractivity (Wildman–Crippen MR) is 115 cm³/mol. The van der Waals surface area contributed by atoms with Crippen LogP contribution in [0.15, 0.2) is 0 Å². The number of carbonyl (C=O) groups is 2. The Hall–Kier alpha value is -2.75. The van der Waals surface area contributed by atoms with Crippen LogP contribution in [0.1, 0.15) is 59.4 Å². The van der Waals surface area contributed by atoms with Gasteiger partial charge in [0.15, 0.2) is 0 Å². The van der Waals surface area contributed by atoms with Gasteiger partial charge in [0, 0.05) is 4.88 Å². The van der Waals surface area contributed by atoms with Crippen molar-refractivity contribution >= 4 is 33.8 Å². The van der Waals surface area contributed by atoms with E-state index in [1.807, 2.05) is 0 Å². The molecular weight excluding hydrogens is 406 g/mol. The second kappa shape index (κ2) is 7.82. The molecule has 1 aliphatic rings. The molecule has 2 heterocycles. The molecule has 0 radical (unpaired) electrons. The fourth-order valence-electron chi connectivity index (χ4n) is 4.08. The highest BCUT2D eigenvalue weighted by atomic mass is 32.1. The summed E-state index contributed by atoms with van der Waals surface area (Å²) >= 11 is 1.40. The summed E-state index contributed by atoms with van der Waals surface area (Å²) in [4.78, 5) is 36.5. The smallest absolute Gasteiger partial charge is 0.312 e. The molecule has 3 rings (SSSR count). The maximum atomic E-state index is 12.6. The molecule has 1 aliphatic carbocycles. The number of amides is 2. The Bertz CT molecular complexity index is 1030. The highest BCUT2D eigenvalue weighted by molar-refractivity contribution is 7.17. The van der Waals surface area contributed by atoms with Crippen molar-refractivity contribution in [3.63, 3.8) is 0 Å². The summed E-state index contributed by atoms with van der Waals surface area (Å²) in [6.45, 7) is 9.52. The zero-order valence-corrected chi connectivity index (χ0v) is 18.7. The average Bonchev–Trinajstić information content (AvgIpc) is 3.09. The first-order valence-electron chi connectivity index (χ1n) is 9.82. The van der Waals surface area contributed by atoms with Crippen molar-refractivity contribution in [2.45, 2.75) is 60.4 Å². The molecule has 0 bridgehead atoms. The largest absolute Gasteiger partial charge is 0.365 e. The minimum atomic E-state index is -0.557. The summed E-state index contributed by atoms with van der Waals surface area (Å²) in [7, 11) is 0. The standard InChI is InChI=1S/C20H27N5O4S/c1-10-17(25(28)29)11(2)24(23-10)9-15(26)22-19-16(18(21)27)13-7-6-12(20(3,4)5)8-14(13)30-19/h12H,6-9H2,1-5H3,(H2,21,27)(H,22,26)/t12-/m0/s1. The third kappa shape index (κ3) is 4.09. The van der Waals surface area contributed by atoms with Gasteiger partial charge in [-0.1, -0.05) is 20.8 Å². The number of anilines is 1. The molecule has 162 valence electrons. The second-order valence-electron chi connectivity index (χ2n) is 8.86. The van der Waals surface area contributed by atoms with Crippen molar-refractivity contribution < 1.29 is 14.5 Å². The molecule has 0 saturated heterocycles. The van der Waals surface area contributed by atoms with Crippen LogP contribution in [0.5, 0.6) is 0 Å². The van der Waals surface area contributed by atoms with E-state index in [1.165, 1.54) is 22.9 Å². The minimum Gasteiger partial charge on any atom is -0.365 e. The molecule has 30 heavy (non-hydrogen) atoms. The summed E-state index contributed by atoms with van der Waals surface area (Å²) in [5.41, 5.74) is 7.57. The van der Waals surface area contributed by atoms with Gasteiger partial charge in [0.25, 0.3) is 5.91 Å². The van der Waals surface area contributed by atoms with Crippen LogP contribution in [0.2, 0.25) is 0 Å². The predicted octanol–water partition coefficient (Wildman–Crippen LogP) is 3.36. The number of hydrogen-bond acceptors (Lipinski definition) is 6. The van der Waals surface area contributed by atoms with Crippen molar-refractivity contribution in [2.24, 2.45) is 17.1 Å². The molecule has 2 amide bonds. The fourth-order valence-corrected chi connectivity index (χ4v) is 5.43. The van der Waals surface area contributed by atoms with Gasteiger partial charge >= 0.3 is 5.69 Å². The number of fused-ring (bicyclic) bond motifs is 1. The molecular formula is C20H27N5O4S. The summed E-state index contributed by atoms with van der Waals surface area (Å²) in [5.74, 6) is -0.481. The SMILES string of the molecule is Cc1nn(CC(=O)Nc2sc3c(c2C(N)=O)CC[C@H](C(C)(C)C)C3)c(C)c1[N+](=O)[O-]. The zero-order chi connectivity index (χ0) is 22.4. The molecule has 3 N–H and O–H groups in total. The lowest BCUT2D eigenvalue weighted by Crippen LogP contribution is -2.27. The topological polar surface area (TPSA) is 133 Å². The molecule has 0 spiro atoms. The summed E-state index contributed by atoms with van der Waals surface area (Å²) in [6.07, 6.45) is 2.57. The average molecular weight is 434 g/mol. The van der Waals surface area contributed by atoms with Crippen LogP contribution in [0, 0.1) is 35.3 Å². The van der Waals surface area contributed by atoms with E-state index in [-0.39, 0.29) is 23.3 Å². The monoisotopic (exact) mass is 433 g/mol. The Morgan fingerprint density at radius 1 is 1.37 bits per heavy atom. The maximum Gasteiger partial charge on any atom is 0.312 e. The summed E-state index contributed by atoms with van der Waals surface area (Å²) in [6, 6.07) is 0. The van der Waals surface area contributed by atoms with E-state index in [9.17, 15) is 19.7 Å². The fraction of sp³-hybridized carbons (Fsp3) is 0.550. The van der Waals surface area contributed by atoms with Gasteiger partial charge in [0.2, 0.25) is 5.91 Å². The molecule has 0 fully saturated rings. The second-order valence-corrected chi connectivity index (χ2v) is 9.97. The Kier molecular flexibility index (Phi) is 5.72. The van der Waals surface area contributed by atoms with Crippen LogP contribution in [-0.4, -0.2) is 26.5 Å². The van der Waals surface area contributed by atoms with Crippen LogP contribution in [0.25, 0.3) is 0 Å². The van der Waals surface area contributed by atoms with E-state index in [1.54, 1.807) is 6.92 Å². The molecule has 10 heteroatoms. The number of aromatic nitrogens is 2. The van der Waals surface area contributed by atoms with Gasteiger partial charge in [-0.05, 0) is 50.0 Å². The van der Waals surface area contributed by atoms with Crippen LogP contribution < -0.4 is 11.1 Å². The lowest BCUT2D eigenvalue weighted by atomic mass is 9.72. The number of carbonyl (C=O) groups excluding carboxylic acids is 2. The van der Waals surface area contributed by atoms with Crippen molar-refractivity contribution in [1.82, 2.24) is 9.78 Å². The maximum absolute atomic E-state index is 12.6. The number of thiophene rings is 1. The molecule has 0 aromatic carbocycles. The van der Waals surface area contributed by atoms with Crippen molar-refractivity contribution in [2.75, 3.05) is 5.32 Å². The van der Waals surface area contributed by atoms with E-state index < -0.39 is 16.7 Å². The first kappa shape index (κ1) is 21.9. The lowest BCUT2D eigenvalue weighted by Gasteiger charge is -2.33. The first-order chi connectivity index (χ1) is 13.9. The number of nitrogens with zero attached hydrogens (tertiary/aromatic N) is 3. The van der Waals surface area contributed by atoms with Gasteiger partial charge in [-0.3, -0.25) is 24.4 Å². The molecule has 2 aromatic rings. The molecule has 0 aliphatic heterocycles. The number of aryl methyl sites for hydroxylation is 1. The number of nitrogens with one attached hydrogen (secondary N) is 1. The lowest BCUT2D eigenvalue weighted by molar-refractivity contribution is -0.386. The summed E-state index contributed by atoms with van der Waals surface area (Å²) in [5, 5.41) is 18.5. The van der Waals surface area contributed by atoms with Gasteiger partial charge in [0.1, 0.15) is 22.9 Å². The molecule has 0 unspecified atom stereocenters. The van der Waals surface area contributed by atoms with Gasteiger partial charge in [-0.2, -0.15) is 5.10 Å². The van der Waals surface area contributed by atoms with E-state index in [0.29, 0.717) is 22.2 Å². The molecule has 1 atom stereocenters. The normalized spacial score (nSPS) is 16.2. The number of rotatable bonds is 5. The zero-order valence-electron chi connectivity index (χ0n) is 17.9. The number of hydrogen-bond donors (Lipinski definition) is 2. The van der Waals surface area contributed by atoms with Gasteiger partial charge in [0.05, 0.1) is 10.5 Å². The third-order valence-corrected chi connectivity index (χ3v) is 6.98. The molecule has 9 nitrogen and oxygen atoms in total. The van der Waals surface area contributed by atoms with E-state index in [4.69, 9.17) is 5.73 Å². The first-order valence-corrected chi connectivity index (χ1v) is 10.6. The molecule has 0 saturated carbocycles. The van der Waals surface area contributed by atoms with E-state index >= 15 is 0 Å². The van der Waals surface area contributed by atoms with Crippen molar-refractivity contribution in [3.05, 3.63) is 37.5 Å². The highest BCUT2D eigenvalue weighted by Crippen LogP contribution is 2.44. The highest BCUT2D eigenvalue weighted by Gasteiger charge is 2.33. The summed E-state index contributed by atoms with van der Waals surface area (Å²) < 4.78 is 1.30. The number of primary amides is 1. The Balaban J connectivity index is 1.84. The van der Waals surface area contributed by atoms with Gasteiger partial charge in [-0.15, -0.1) is 11.3 Å². The van der Waals surface area contributed by atoms with Gasteiger partial charge in [-0.25, -0.2) is 0 Å². The Morgan fingerprint density at radius 2 is 2.03 bits per heavy atom. The van der Waals surface area contributed by atoms with Crippen LogP contribution in [0.3, 0.4) is 0 Å². The van der Waals surface area contributed by atoms with E-state index in [2.05, 4.69) is 31.2 Å². The van der Waals surface area contributed by atoms with Crippen molar-refractivity contribution in [1.29, 1.82) is 0 Å². The third-order valence-electron chi connectivity index (χ3n) is 5.81. The van der Waals surface area contributed by atoms with E-state index in [0.717, 1.165) is 29.7 Å². The van der Waals surface area contributed by atoms with Crippen LogP contribution in [0.4, 0.5) is 10.7 Å².